The van der Waals surface area contributed by atoms with Crippen LogP contribution in [0.2, 0.25) is 0 Å². The molecule has 27 heavy (non-hydrogen) atoms. The fraction of sp³-hybridized carbons (Fsp3) is 0.650. The lowest BCUT2D eigenvalue weighted by Crippen LogP contribution is -2.41. The summed E-state index contributed by atoms with van der Waals surface area (Å²) in [5, 5.41) is 16.4. The van der Waals surface area contributed by atoms with Gasteiger partial charge in [0.25, 0.3) is 0 Å². The molecule has 1 unspecified atom stereocenters. The minimum Gasteiger partial charge on any atom is -0.396 e. The van der Waals surface area contributed by atoms with E-state index in [9.17, 15) is 5.11 Å². The largest absolute Gasteiger partial charge is 0.396 e. The van der Waals surface area contributed by atoms with Gasteiger partial charge >= 0.3 is 0 Å². The third kappa shape index (κ3) is 9.23. The monoisotopic (exact) mass is 489 g/mol. The highest BCUT2D eigenvalue weighted by atomic mass is 127. The molecule has 0 radical (unpaired) electrons. The Morgan fingerprint density at radius 3 is 2.63 bits per heavy atom. The van der Waals surface area contributed by atoms with E-state index in [4.69, 9.17) is 0 Å². The summed E-state index contributed by atoms with van der Waals surface area (Å²) in [5.74, 6) is 0.874. The minimum atomic E-state index is 0. The van der Waals surface area contributed by atoms with E-state index in [1.807, 2.05) is 18.2 Å². The molecule has 1 atom stereocenters. The van der Waals surface area contributed by atoms with Crippen LogP contribution in [0.1, 0.15) is 24.3 Å². The Bertz CT molecular complexity index is 528. The van der Waals surface area contributed by atoms with Gasteiger partial charge in [-0.2, -0.15) is 0 Å². The highest BCUT2D eigenvalue weighted by molar-refractivity contribution is 14.0. The maximum Gasteiger partial charge on any atom is 0.191 e. The molecule has 3 N–H and O–H groups in total. The van der Waals surface area contributed by atoms with Gasteiger partial charge in [0.1, 0.15) is 0 Å². The Balaban J connectivity index is 0.00000364. The third-order valence-corrected chi connectivity index (χ3v) is 4.99. The number of nitrogens with zero attached hydrogens (tertiary/aromatic N) is 3. The molecule has 0 saturated carbocycles. The molecule has 0 aromatic heterocycles. The molecule has 0 aliphatic carbocycles. The first-order valence-electron chi connectivity index (χ1n) is 9.74. The number of benzene rings is 1. The van der Waals surface area contributed by atoms with Gasteiger partial charge < -0.3 is 25.5 Å². The lowest BCUT2D eigenvalue weighted by Gasteiger charge is -2.21. The van der Waals surface area contributed by atoms with E-state index in [0.717, 1.165) is 31.0 Å². The average molecular weight is 489 g/mol. The first-order valence-corrected chi connectivity index (χ1v) is 9.74. The molecule has 7 heteroatoms. The minimum absolute atomic E-state index is 0. The maximum absolute atomic E-state index is 9.66. The van der Waals surface area contributed by atoms with Gasteiger partial charge in [0.15, 0.2) is 5.96 Å². The summed E-state index contributed by atoms with van der Waals surface area (Å²) in [5.41, 5.74) is 1.14. The molecule has 0 amide bonds. The van der Waals surface area contributed by atoms with E-state index < -0.39 is 0 Å². The van der Waals surface area contributed by atoms with Crippen LogP contribution in [0.4, 0.5) is 0 Å². The van der Waals surface area contributed by atoms with Gasteiger partial charge in [-0.3, -0.25) is 4.99 Å². The van der Waals surface area contributed by atoms with Gasteiger partial charge in [-0.1, -0.05) is 30.3 Å². The van der Waals surface area contributed by atoms with Crippen LogP contribution in [0.5, 0.6) is 0 Å². The van der Waals surface area contributed by atoms with Gasteiger partial charge in [-0.05, 0) is 45.1 Å². The molecule has 2 rings (SSSR count). The van der Waals surface area contributed by atoms with E-state index >= 15 is 0 Å². The van der Waals surface area contributed by atoms with Crippen molar-refractivity contribution in [2.24, 2.45) is 4.99 Å². The Morgan fingerprint density at radius 1 is 1.15 bits per heavy atom. The zero-order chi connectivity index (χ0) is 18.6. The van der Waals surface area contributed by atoms with Crippen molar-refractivity contribution >= 4 is 29.9 Å². The normalized spacial score (nSPS) is 17.7. The molecular formula is C20H36IN5O. The van der Waals surface area contributed by atoms with Crippen LogP contribution < -0.4 is 10.6 Å². The zero-order valence-electron chi connectivity index (χ0n) is 16.7. The number of hydrogen-bond acceptors (Lipinski definition) is 4. The quantitative estimate of drug-likeness (QED) is 0.224. The number of halogens is 1. The fourth-order valence-corrected chi connectivity index (χ4v) is 3.29. The SMILES string of the molecule is CN=C(NCCCN1CCCN(C)CC1)NCC(CO)c1ccccc1.I. The number of aliphatic hydroxyl groups excluding tert-OH is 1. The Morgan fingerprint density at radius 2 is 1.93 bits per heavy atom. The third-order valence-electron chi connectivity index (χ3n) is 4.99. The molecule has 1 aliphatic rings. The van der Waals surface area contributed by atoms with E-state index in [1.165, 1.54) is 32.6 Å². The number of nitrogens with one attached hydrogen (secondary N) is 2. The average Bonchev–Trinajstić information content (AvgIpc) is 2.89. The maximum atomic E-state index is 9.66. The molecule has 1 aromatic rings. The lowest BCUT2D eigenvalue weighted by molar-refractivity contribution is 0.265. The second-order valence-electron chi connectivity index (χ2n) is 7.02. The van der Waals surface area contributed by atoms with Crippen molar-refractivity contribution in [2.45, 2.75) is 18.8 Å². The van der Waals surface area contributed by atoms with Crippen LogP contribution in [-0.4, -0.2) is 87.4 Å². The van der Waals surface area contributed by atoms with Crippen LogP contribution in [-0.2, 0) is 0 Å². The summed E-state index contributed by atoms with van der Waals surface area (Å²) in [6.45, 7) is 7.56. The van der Waals surface area contributed by atoms with Crippen molar-refractivity contribution in [2.75, 3.05) is 66.5 Å². The second-order valence-corrected chi connectivity index (χ2v) is 7.02. The van der Waals surface area contributed by atoms with Crippen molar-refractivity contribution in [1.82, 2.24) is 20.4 Å². The predicted octanol–water partition coefficient (Wildman–Crippen LogP) is 1.57. The van der Waals surface area contributed by atoms with Crippen LogP contribution >= 0.6 is 24.0 Å². The number of likely N-dealkylation sites (N-methyl/N-ethyl adjacent to an activating group) is 1. The molecule has 1 heterocycles. The first kappa shape index (κ1) is 24.1. The summed E-state index contributed by atoms with van der Waals surface area (Å²) in [6, 6.07) is 10.1. The zero-order valence-corrected chi connectivity index (χ0v) is 19.1. The second kappa shape index (κ2) is 14.1. The first-order chi connectivity index (χ1) is 12.7. The van der Waals surface area contributed by atoms with Crippen LogP contribution in [0.3, 0.4) is 0 Å². The molecule has 6 nitrogen and oxygen atoms in total. The summed E-state index contributed by atoms with van der Waals surface area (Å²) in [4.78, 5) is 9.25. The molecule has 1 aromatic carbocycles. The summed E-state index contributed by atoms with van der Waals surface area (Å²) >= 11 is 0. The van der Waals surface area contributed by atoms with Crippen molar-refractivity contribution in [3.8, 4) is 0 Å². The smallest absolute Gasteiger partial charge is 0.191 e. The van der Waals surface area contributed by atoms with Crippen molar-refractivity contribution < 1.29 is 5.11 Å². The summed E-state index contributed by atoms with van der Waals surface area (Å²) in [7, 11) is 3.99. The molecule has 0 spiro atoms. The van der Waals surface area contributed by atoms with Gasteiger partial charge in [-0.15, -0.1) is 24.0 Å². The highest BCUT2D eigenvalue weighted by Gasteiger charge is 2.12. The Kier molecular flexibility index (Phi) is 12.6. The standard InChI is InChI=1S/C20H35N5O.HI/c1-21-20(23-16-19(17-26)18-8-4-3-5-9-18)22-10-6-12-25-13-7-11-24(2)14-15-25;/h3-5,8-9,19,26H,6-7,10-17H2,1-2H3,(H2,21,22,23);1H. The van der Waals surface area contributed by atoms with Crippen LogP contribution in [0, 0.1) is 0 Å². The van der Waals surface area contributed by atoms with Gasteiger partial charge in [0.2, 0.25) is 0 Å². The number of rotatable bonds is 8. The van der Waals surface area contributed by atoms with Gasteiger partial charge in [0, 0.05) is 39.1 Å². The number of aliphatic hydroxyl groups is 1. The topological polar surface area (TPSA) is 63.1 Å². The molecule has 1 saturated heterocycles. The van der Waals surface area contributed by atoms with Crippen molar-refractivity contribution in [3.63, 3.8) is 0 Å². The molecule has 1 aliphatic heterocycles. The number of hydrogen-bond donors (Lipinski definition) is 3. The Hall–Kier alpha value is -0.900. The summed E-state index contributed by atoms with van der Waals surface area (Å²) < 4.78 is 0. The number of aliphatic imine (C=N–C) groups is 1. The van der Waals surface area contributed by atoms with Crippen molar-refractivity contribution in [1.29, 1.82) is 0 Å². The van der Waals surface area contributed by atoms with Crippen LogP contribution in [0.25, 0.3) is 0 Å². The van der Waals surface area contributed by atoms with Crippen LogP contribution in [0.15, 0.2) is 35.3 Å². The van der Waals surface area contributed by atoms with Crippen molar-refractivity contribution in [3.05, 3.63) is 35.9 Å². The molecule has 0 bridgehead atoms. The summed E-state index contributed by atoms with van der Waals surface area (Å²) in [6.07, 6.45) is 2.36. The van der Waals surface area contributed by atoms with Gasteiger partial charge in [0.05, 0.1) is 6.61 Å². The highest BCUT2D eigenvalue weighted by Crippen LogP contribution is 2.13. The fourth-order valence-electron chi connectivity index (χ4n) is 3.29. The van der Waals surface area contributed by atoms with Gasteiger partial charge in [-0.25, -0.2) is 0 Å². The molecule has 154 valence electrons. The van der Waals surface area contributed by atoms with E-state index in [1.54, 1.807) is 7.05 Å². The van der Waals surface area contributed by atoms with E-state index in [2.05, 4.69) is 44.6 Å². The van der Waals surface area contributed by atoms with E-state index in [0.29, 0.717) is 6.54 Å². The molecule has 1 fully saturated rings. The van der Waals surface area contributed by atoms with E-state index in [-0.39, 0.29) is 36.5 Å². The molecular weight excluding hydrogens is 453 g/mol. The Labute approximate surface area is 181 Å². The number of guanidine groups is 1. The lowest BCUT2D eigenvalue weighted by atomic mass is 10.0. The predicted molar refractivity (Wildman–Crippen MR) is 124 cm³/mol.